The summed E-state index contributed by atoms with van der Waals surface area (Å²) in [5.74, 6) is -1.47. The predicted molar refractivity (Wildman–Crippen MR) is 102 cm³/mol. The Morgan fingerprint density at radius 1 is 1.14 bits per heavy atom. The summed E-state index contributed by atoms with van der Waals surface area (Å²) in [6, 6.07) is 9.63. The van der Waals surface area contributed by atoms with E-state index in [0.29, 0.717) is 16.8 Å². The molecule has 0 aliphatic rings. The van der Waals surface area contributed by atoms with E-state index in [2.05, 4.69) is 5.32 Å². The zero-order chi connectivity index (χ0) is 20.7. The molecule has 28 heavy (non-hydrogen) atoms. The molecule has 0 aliphatic heterocycles. The van der Waals surface area contributed by atoms with Crippen molar-refractivity contribution < 1.29 is 28.9 Å². The van der Waals surface area contributed by atoms with Gasteiger partial charge in [0.05, 0.1) is 20.6 Å². The lowest BCUT2D eigenvalue weighted by atomic mass is 10.1. The second kappa shape index (κ2) is 9.26. The lowest BCUT2D eigenvalue weighted by molar-refractivity contribution is -0.142. The molecule has 0 saturated heterocycles. The third-order valence-corrected chi connectivity index (χ3v) is 3.82. The summed E-state index contributed by atoms with van der Waals surface area (Å²) in [6.07, 6.45) is -0.133. The Kier molecular flexibility index (Phi) is 6.80. The predicted octanol–water partition coefficient (Wildman–Crippen LogP) is 1.84. The highest BCUT2D eigenvalue weighted by Crippen LogP contribution is 2.32. The Morgan fingerprint density at radius 2 is 1.82 bits per heavy atom. The normalized spacial score (nSPS) is 10.1. The van der Waals surface area contributed by atoms with Gasteiger partial charge in [-0.25, -0.2) is 4.79 Å². The molecule has 0 aliphatic carbocycles. The SMILES string of the molecule is COc1cc(CC(=O)OCNc2ccc(C(=N)N)cc2)cc(C(=O)O)c1OC. The summed E-state index contributed by atoms with van der Waals surface area (Å²) in [5.41, 5.74) is 6.98. The van der Waals surface area contributed by atoms with Crippen LogP contribution >= 0.6 is 0 Å². The Morgan fingerprint density at radius 3 is 2.36 bits per heavy atom. The molecule has 2 aromatic rings. The zero-order valence-electron chi connectivity index (χ0n) is 15.4. The van der Waals surface area contributed by atoms with Crippen LogP contribution in [-0.2, 0) is 16.0 Å². The smallest absolute Gasteiger partial charge is 0.339 e. The summed E-state index contributed by atoms with van der Waals surface area (Å²) in [7, 11) is 2.72. The number of carboxylic acids is 1. The number of hydrogen-bond acceptors (Lipinski definition) is 7. The largest absolute Gasteiger partial charge is 0.493 e. The van der Waals surface area contributed by atoms with Crippen molar-refractivity contribution in [3.63, 3.8) is 0 Å². The van der Waals surface area contributed by atoms with Crippen LogP contribution in [0.15, 0.2) is 36.4 Å². The van der Waals surface area contributed by atoms with Crippen LogP contribution in [0.5, 0.6) is 11.5 Å². The average Bonchev–Trinajstić information content (AvgIpc) is 2.67. The van der Waals surface area contributed by atoms with E-state index < -0.39 is 11.9 Å². The van der Waals surface area contributed by atoms with E-state index >= 15 is 0 Å². The lowest BCUT2D eigenvalue weighted by Gasteiger charge is -2.13. The molecule has 2 aromatic carbocycles. The molecular weight excluding hydrogens is 366 g/mol. The zero-order valence-corrected chi connectivity index (χ0v) is 15.4. The van der Waals surface area contributed by atoms with Gasteiger partial charge in [-0.3, -0.25) is 10.2 Å². The number of methoxy groups -OCH3 is 2. The van der Waals surface area contributed by atoms with Gasteiger partial charge in [-0.1, -0.05) is 0 Å². The van der Waals surface area contributed by atoms with Gasteiger partial charge in [0.15, 0.2) is 18.2 Å². The molecule has 0 fully saturated rings. The van der Waals surface area contributed by atoms with Gasteiger partial charge < -0.3 is 30.4 Å². The van der Waals surface area contributed by atoms with Gasteiger partial charge in [-0.15, -0.1) is 0 Å². The molecule has 9 nitrogen and oxygen atoms in total. The van der Waals surface area contributed by atoms with Crippen molar-refractivity contribution in [2.45, 2.75) is 6.42 Å². The maximum absolute atomic E-state index is 12.1. The highest BCUT2D eigenvalue weighted by Gasteiger charge is 2.19. The molecular formula is C19H21N3O6. The van der Waals surface area contributed by atoms with E-state index in [1.54, 1.807) is 24.3 Å². The van der Waals surface area contributed by atoms with E-state index in [0.717, 1.165) is 0 Å². The van der Waals surface area contributed by atoms with Crippen molar-refractivity contribution in [3.05, 3.63) is 53.1 Å². The molecule has 0 atom stereocenters. The van der Waals surface area contributed by atoms with Crippen LogP contribution < -0.4 is 20.5 Å². The number of nitrogens with two attached hydrogens (primary N) is 1. The maximum Gasteiger partial charge on any atom is 0.339 e. The molecule has 9 heteroatoms. The first-order valence-corrected chi connectivity index (χ1v) is 8.17. The van der Waals surface area contributed by atoms with Crippen molar-refractivity contribution in [1.82, 2.24) is 0 Å². The van der Waals surface area contributed by atoms with Gasteiger partial charge in [-0.2, -0.15) is 0 Å². The fraction of sp³-hybridized carbons (Fsp3) is 0.211. The number of anilines is 1. The Labute approximate surface area is 161 Å². The van der Waals surface area contributed by atoms with Crippen molar-refractivity contribution >= 4 is 23.5 Å². The van der Waals surface area contributed by atoms with E-state index in [9.17, 15) is 14.7 Å². The van der Waals surface area contributed by atoms with Crippen molar-refractivity contribution in [2.75, 3.05) is 26.3 Å². The molecule has 0 spiro atoms. The topological polar surface area (TPSA) is 144 Å². The molecule has 0 heterocycles. The molecule has 0 bridgehead atoms. The monoisotopic (exact) mass is 387 g/mol. The first kappa shape index (κ1) is 20.6. The third-order valence-electron chi connectivity index (χ3n) is 3.82. The van der Waals surface area contributed by atoms with Gasteiger partial charge >= 0.3 is 11.9 Å². The highest BCUT2D eigenvalue weighted by molar-refractivity contribution is 5.95. The van der Waals surface area contributed by atoms with E-state index in [1.165, 1.54) is 26.4 Å². The summed E-state index contributed by atoms with van der Waals surface area (Å²) < 4.78 is 15.3. The van der Waals surface area contributed by atoms with Crippen LogP contribution in [-0.4, -0.2) is 43.8 Å². The number of amidine groups is 1. The molecule has 0 unspecified atom stereocenters. The maximum atomic E-state index is 12.1. The number of benzene rings is 2. The summed E-state index contributed by atoms with van der Waals surface area (Å²) in [6.45, 7) is -0.0721. The van der Waals surface area contributed by atoms with Crippen LogP contribution in [0.4, 0.5) is 5.69 Å². The number of hydrogen-bond donors (Lipinski definition) is 4. The molecule has 0 amide bonds. The van der Waals surface area contributed by atoms with Gasteiger partial charge in [0.2, 0.25) is 0 Å². The van der Waals surface area contributed by atoms with Crippen LogP contribution in [0.25, 0.3) is 0 Å². The fourth-order valence-electron chi connectivity index (χ4n) is 2.47. The first-order chi connectivity index (χ1) is 13.3. The number of ether oxygens (including phenoxy) is 3. The Hall–Kier alpha value is -3.75. The van der Waals surface area contributed by atoms with Crippen molar-refractivity contribution in [2.24, 2.45) is 5.73 Å². The minimum absolute atomic E-state index is 0.0337. The number of aromatic carboxylic acids is 1. The van der Waals surface area contributed by atoms with E-state index in [1.807, 2.05) is 0 Å². The third kappa shape index (κ3) is 5.13. The second-order valence-corrected chi connectivity index (χ2v) is 5.69. The number of nitrogen functional groups attached to an aromatic ring is 1. The first-order valence-electron chi connectivity index (χ1n) is 8.17. The molecule has 148 valence electrons. The molecule has 0 aromatic heterocycles. The Balaban J connectivity index is 1.98. The molecule has 0 radical (unpaired) electrons. The van der Waals surface area contributed by atoms with Gasteiger partial charge in [-0.05, 0) is 42.0 Å². The summed E-state index contributed by atoms with van der Waals surface area (Å²) >= 11 is 0. The van der Waals surface area contributed by atoms with Gasteiger partial charge in [0.1, 0.15) is 11.4 Å². The number of carbonyl (C=O) groups is 2. The minimum Gasteiger partial charge on any atom is -0.493 e. The summed E-state index contributed by atoms with van der Waals surface area (Å²) in [4.78, 5) is 23.5. The minimum atomic E-state index is -1.19. The highest BCUT2D eigenvalue weighted by atomic mass is 16.5. The quantitative estimate of drug-likeness (QED) is 0.221. The van der Waals surface area contributed by atoms with Gasteiger partial charge in [0.25, 0.3) is 0 Å². The molecule has 5 N–H and O–H groups in total. The van der Waals surface area contributed by atoms with Gasteiger partial charge in [0, 0.05) is 11.3 Å². The van der Waals surface area contributed by atoms with Crippen LogP contribution in [0.3, 0.4) is 0 Å². The number of esters is 1. The fourth-order valence-corrected chi connectivity index (χ4v) is 2.47. The number of carboxylic acid groups (broad SMARTS) is 1. The van der Waals surface area contributed by atoms with Crippen molar-refractivity contribution in [3.8, 4) is 11.5 Å². The molecule has 0 saturated carbocycles. The van der Waals surface area contributed by atoms with Crippen molar-refractivity contribution in [1.29, 1.82) is 5.41 Å². The molecule has 2 rings (SSSR count). The Bertz CT molecular complexity index is 880. The number of carbonyl (C=O) groups excluding carboxylic acids is 1. The number of nitrogens with one attached hydrogen (secondary N) is 2. The number of rotatable bonds is 9. The van der Waals surface area contributed by atoms with Crippen LogP contribution in [0.2, 0.25) is 0 Å². The van der Waals surface area contributed by atoms with Crippen LogP contribution in [0.1, 0.15) is 21.5 Å². The average molecular weight is 387 g/mol. The van der Waals surface area contributed by atoms with E-state index in [-0.39, 0.29) is 36.0 Å². The summed E-state index contributed by atoms with van der Waals surface area (Å²) in [5, 5.41) is 19.6. The standard InChI is InChI=1S/C19H21N3O6/c1-26-15-8-11(7-14(19(24)25)17(15)27-2)9-16(23)28-10-22-13-5-3-12(4-6-13)18(20)21/h3-8,22H,9-10H2,1-2H3,(H3,20,21)(H,24,25). The van der Waals surface area contributed by atoms with Crippen LogP contribution in [0, 0.1) is 5.41 Å². The van der Waals surface area contributed by atoms with E-state index in [4.69, 9.17) is 25.4 Å². The lowest BCUT2D eigenvalue weighted by Crippen LogP contribution is -2.15. The second-order valence-electron chi connectivity index (χ2n) is 5.69.